The third-order valence-electron chi connectivity index (χ3n) is 3.95. The second-order valence-corrected chi connectivity index (χ2v) is 6.91. The first-order valence-corrected chi connectivity index (χ1v) is 8.88. The number of thiophene rings is 1. The molecular formula is C19H15N3O3S. The monoisotopic (exact) mass is 365 g/mol. The number of hydrogen-bond donors (Lipinski definition) is 1. The second kappa shape index (κ2) is 6.61. The van der Waals surface area contributed by atoms with Crippen molar-refractivity contribution in [2.45, 2.75) is 13.5 Å². The van der Waals surface area contributed by atoms with Gasteiger partial charge in [0.25, 0.3) is 5.91 Å². The molecule has 0 radical (unpaired) electrons. The van der Waals surface area contributed by atoms with E-state index >= 15 is 0 Å². The van der Waals surface area contributed by atoms with Crippen LogP contribution in [0.1, 0.15) is 21.0 Å². The van der Waals surface area contributed by atoms with E-state index in [1.165, 1.54) is 6.07 Å². The minimum Gasteiger partial charge on any atom is -0.451 e. The summed E-state index contributed by atoms with van der Waals surface area (Å²) in [5, 5.41) is 9.44. The van der Waals surface area contributed by atoms with Crippen LogP contribution < -0.4 is 10.7 Å². The number of hydrogen-bond acceptors (Lipinski definition) is 5. The molecule has 0 aliphatic heterocycles. The minimum absolute atomic E-state index is 0.0322. The van der Waals surface area contributed by atoms with Gasteiger partial charge in [0.15, 0.2) is 11.2 Å². The second-order valence-electron chi connectivity index (χ2n) is 5.88. The highest BCUT2D eigenvalue weighted by Gasteiger charge is 2.15. The van der Waals surface area contributed by atoms with Gasteiger partial charge in [0.05, 0.1) is 18.1 Å². The van der Waals surface area contributed by atoms with Crippen molar-refractivity contribution in [3.05, 3.63) is 80.5 Å². The first-order chi connectivity index (χ1) is 12.6. The molecule has 0 aliphatic rings. The highest BCUT2D eigenvalue weighted by atomic mass is 32.1. The first kappa shape index (κ1) is 16.3. The molecule has 0 saturated carbocycles. The van der Waals surface area contributed by atoms with Crippen molar-refractivity contribution in [1.29, 1.82) is 0 Å². The average molecular weight is 365 g/mol. The highest BCUT2D eigenvalue weighted by Crippen LogP contribution is 2.17. The Morgan fingerprint density at radius 1 is 1.27 bits per heavy atom. The molecule has 7 heteroatoms. The smallest absolute Gasteiger partial charge is 0.292 e. The molecule has 6 nitrogen and oxygen atoms in total. The van der Waals surface area contributed by atoms with Gasteiger partial charge in [-0.1, -0.05) is 17.7 Å². The predicted molar refractivity (Wildman–Crippen MR) is 101 cm³/mol. The lowest BCUT2D eigenvalue weighted by Crippen LogP contribution is -2.18. The van der Waals surface area contributed by atoms with E-state index in [0.29, 0.717) is 23.3 Å². The fraction of sp³-hybridized carbons (Fsp3) is 0.105. The standard InChI is InChI=1S/C19H15N3O3S/c1-12-4-5-16-14(9-12)15(23)10-17(25-16)19(24)21-18-6-7-20-22(18)11-13-3-2-8-26-13/h2-10H,11H2,1H3,(H,21,24). The van der Waals surface area contributed by atoms with Crippen LogP contribution in [0.15, 0.2) is 63.3 Å². The van der Waals surface area contributed by atoms with Crippen molar-refractivity contribution in [2.75, 3.05) is 5.32 Å². The quantitative estimate of drug-likeness (QED) is 0.599. The van der Waals surface area contributed by atoms with Crippen LogP contribution in [0.5, 0.6) is 0 Å². The SMILES string of the molecule is Cc1ccc2oc(C(=O)Nc3ccnn3Cc3cccs3)cc(=O)c2c1. The summed E-state index contributed by atoms with van der Waals surface area (Å²) in [6, 6.07) is 12.2. The summed E-state index contributed by atoms with van der Waals surface area (Å²) < 4.78 is 7.30. The zero-order valence-electron chi connectivity index (χ0n) is 13.9. The lowest BCUT2D eigenvalue weighted by molar-refractivity contribution is 0.0996. The average Bonchev–Trinajstić information content (AvgIpc) is 3.28. The van der Waals surface area contributed by atoms with Gasteiger partial charge < -0.3 is 9.73 Å². The fourth-order valence-corrected chi connectivity index (χ4v) is 3.36. The Morgan fingerprint density at radius 2 is 2.15 bits per heavy atom. The van der Waals surface area contributed by atoms with Crippen LogP contribution >= 0.6 is 11.3 Å². The van der Waals surface area contributed by atoms with Gasteiger partial charge in [-0.05, 0) is 30.5 Å². The maximum absolute atomic E-state index is 12.5. The van der Waals surface area contributed by atoms with Crippen LogP contribution in [0, 0.1) is 6.92 Å². The number of carbonyl (C=O) groups is 1. The van der Waals surface area contributed by atoms with E-state index in [2.05, 4.69) is 10.4 Å². The number of benzene rings is 1. The topological polar surface area (TPSA) is 77.1 Å². The van der Waals surface area contributed by atoms with Crippen LogP contribution in [-0.4, -0.2) is 15.7 Å². The summed E-state index contributed by atoms with van der Waals surface area (Å²) in [5.74, 6) is 0.0165. The molecule has 26 heavy (non-hydrogen) atoms. The third kappa shape index (κ3) is 3.16. The van der Waals surface area contributed by atoms with Gasteiger partial charge in [-0.15, -0.1) is 11.3 Å². The zero-order valence-corrected chi connectivity index (χ0v) is 14.7. The lowest BCUT2D eigenvalue weighted by atomic mass is 10.1. The van der Waals surface area contributed by atoms with Crippen molar-refractivity contribution >= 4 is 34.0 Å². The molecule has 0 aliphatic carbocycles. The first-order valence-electron chi connectivity index (χ1n) is 8.00. The molecule has 0 saturated heterocycles. The van der Waals surface area contributed by atoms with Crippen molar-refractivity contribution in [2.24, 2.45) is 0 Å². The van der Waals surface area contributed by atoms with Crippen molar-refractivity contribution in [3.63, 3.8) is 0 Å². The van der Waals surface area contributed by atoms with E-state index in [0.717, 1.165) is 10.4 Å². The van der Waals surface area contributed by atoms with Gasteiger partial charge in [-0.2, -0.15) is 5.10 Å². The molecule has 1 amide bonds. The molecule has 3 aromatic heterocycles. The van der Waals surface area contributed by atoms with E-state index in [-0.39, 0.29) is 11.2 Å². The van der Waals surface area contributed by atoms with Gasteiger partial charge >= 0.3 is 0 Å². The van der Waals surface area contributed by atoms with Crippen LogP contribution in [0.2, 0.25) is 0 Å². The van der Waals surface area contributed by atoms with Gasteiger partial charge in [-0.3, -0.25) is 9.59 Å². The molecule has 4 aromatic rings. The van der Waals surface area contributed by atoms with Crippen LogP contribution in [0.4, 0.5) is 5.82 Å². The molecule has 0 atom stereocenters. The zero-order chi connectivity index (χ0) is 18.1. The van der Waals surface area contributed by atoms with Crippen LogP contribution in [0.3, 0.4) is 0 Å². The van der Waals surface area contributed by atoms with Gasteiger partial charge in [-0.25, -0.2) is 4.68 Å². The largest absolute Gasteiger partial charge is 0.451 e. The summed E-state index contributed by atoms with van der Waals surface area (Å²) in [4.78, 5) is 26.0. The Morgan fingerprint density at radius 3 is 2.96 bits per heavy atom. The number of fused-ring (bicyclic) bond motifs is 1. The van der Waals surface area contributed by atoms with E-state index in [1.54, 1.807) is 40.4 Å². The maximum atomic E-state index is 12.5. The van der Waals surface area contributed by atoms with Crippen LogP contribution in [-0.2, 0) is 6.54 Å². The van der Waals surface area contributed by atoms with E-state index in [1.807, 2.05) is 30.5 Å². The number of anilines is 1. The molecular weight excluding hydrogens is 350 g/mol. The molecule has 0 unspecified atom stereocenters. The number of aryl methyl sites for hydroxylation is 1. The van der Waals surface area contributed by atoms with Crippen molar-refractivity contribution in [1.82, 2.24) is 9.78 Å². The Balaban J connectivity index is 1.61. The number of nitrogens with zero attached hydrogens (tertiary/aromatic N) is 2. The highest BCUT2D eigenvalue weighted by molar-refractivity contribution is 7.09. The summed E-state index contributed by atoms with van der Waals surface area (Å²) in [6.45, 7) is 2.45. The van der Waals surface area contributed by atoms with E-state index < -0.39 is 5.91 Å². The molecule has 0 bridgehead atoms. The molecule has 0 fully saturated rings. The molecule has 1 aromatic carbocycles. The molecule has 130 valence electrons. The van der Waals surface area contributed by atoms with Crippen molar-refractivity contribution in [3.8, 4) is 0 Å². The molecule has 1 N–H and O–H groups in total. The minimum atomic E-state index is -0.488. The Hall–Kier alpha value is -3.19. The van der Waals surface area contributed by atoms with Gasteiger partial charge in [0.2, 0.25) is 0 Å². The number of carbonyl (C=O) groups excluding carboxylic acids is 1. The predicted octanol–water partition coefficient (Wildman–Crippen LogP) is 3.66. The molecule has 4 rings (SSSR count). The lowest BCUT2D eigenvalue weighted by Gasteiger charge is -2.08. The maximum Gasteiger partial charge on any atom is 0.292 e. The number of rotatable bonds is 4. The molecule has 0 spiro atoms. The number of nitrogens with one attached hydrogen (secondary N) is 1. The number of aromatic nitrogens is 2. The summed E-state index contributed by atoms with van der Waals surface area (Å²) in [6.07, 6.45) is 1.61. The Labute approximate surface area is 152 Å². The normalized spacial score (nSPS) is 11.0. The Kier molecular flexibility index (Phi) is 4.14. The van der Waals surface area contributed by atoms with Crippen LogP contribution in [0.25, 0.3) is 11.0 Å². The van der Waals surface area contributed by atoms with Crippen molar-refractivity contribution < 1.29 is 9.21 Å². The van der Waals surface area contributed by atoms with Gasteiger partial charge in [0, 0.05) is 17.0 Å². The summed E-state index contributed by atoms with van der Waals surface area (Å²) in [7, 11) is 0. The van der Waals surface area contributed by atoms with E-state index in [9.17, 15) is 9.59 Å². The summed E-state index contributed by atoms with van der Waals surface area (Å²) >= 11 is 1.62. The van der Waals surface area contributed by atoms with E-state index in [4.69, 9.17) is 4.42 Å². The number of amides is 1. The summed E-state index contributed by atoms with van der Waals surface area (Å²) in [5.41, 5.74) is 1.10. The fourth-order valence-electron chi connectivity index (χ4n) is 2.67. The Bertz CT molecular complexity index is 1140. The third-order valence-corrected chi connectivity index (χ3v) is 4.81. The van der Waals surface area contributed by atoms with Gasteiger partial charge in [0.1, 0.15) is 11.4 Å². The molecule has 3 heterocycles.